The van der Waals surface area contributed by atoms with E-state index in [1.807, 2.05) is 20.8 Å². The third-order valence-electron chi connectivity index (χ3n) is 3.57. The summed E-state index contributed by atoms with van der Waals surface area (Å²) in [7, 11) is 0. The Morgan fingerprint density at radius 1 is 1.45 bits per heavy atom. The van der Waals surface area contributed by atoms with Crippen molar-refractivity contribution in [2.24, 2.45) is 5.73 Å². The number of hydrogen-bond donors (Lipinski definition) is 3. The Morgan fingerprint density at radius 3 is 2.68 bits per heavy atom. The monoisotopic (exact) mass is 323 g/mol. The Bertz CT molecular complexity index is 677. The first-order chi connectivity index (χ1) is 10.5. The fraction of sp³-hybridized carbons (Fsp3) is 0.500. The Balaban J connectivity index is 0.000000847. The third-order valence-corrected chi connectivity index (χ3v) is 3.79. The van der Waals surface area contributed by atoms with Crippen molar-refractivity contribution in [3.63, 3.8) is 0 Å². The van der Waals surface area contributed by atoms with E-state index in [-0.39, 0.29) is 17.3 Å². The molecule has 5 N–H and O–H groups in total. The molecule has 120 valence electrons. The molecule has 1 saturated heterocycles. The number of rotatable bonds is 2. The van der Waals surface area contributed by atoms with E-state index in [1.165, 1.54) is 6.33 Å². The standard InChI is InChI=1S/C12H15N5O2S.C2H6/c1-5-7(18)2-8(19-5)17-3-6(11(14)20)9-10(13)15-4-16-12(9)17;1-2/h3-5,7-8,18H,2H2,1H3,(H2,14,20)(H2,13,15,16);1-2H3/t5-,7+,8-;/m1./s1. The minimum absolute atomic E-state index is 0.224. The van der Waals surface area contributed by atoms with Crippen molar-refractivity contribution in [1.82, 2.24) is 14.5 Å². The van der Waals surface area contributed by atoms with Gasteiger partial charge in [0.05, 0.1) is 17.6 Å². The van der Waals surface area contributed by atoms with Crippen LogP contribution >= 0.6 is 12.2 Å². The molecule has 0 aromatic carbocycles. The molecule has 0 bridgehead atoms. The second kappa shape index (κ2) is 6.55. The Kier molecular flexibility index (Phi) is 4.94. The van der Waals surface area contributed by atoms with Gasteiger partial charge in [0.25, 0.3) is 0 Å². The first-order valence-electron chi connectivity index (χ1n) is 7.23. The van der Waals surface area contributed by atoms with E-state index < -0.39 is 6.10 Å². The molecule has 2 aromatic heterocycles. The van der Waals surface area contributed by atoms with E-state index in [2.05, 4.69) is 9.97 Å². The SMILES string of the molecule is CC.C[C@H]1O[C@@H](n2cc(C(N)=S)c3c(N)ncnc32)C[C@@H]1O. The maximum Gasteiger partial charge on any atom is 0.148 e. The van der Waals surface area contributed by atoms with Crippen molar-refractivity contribution in [3.05, 3.63) is 18.1 Å². The fourth-order valence-corrected chi connectivity index (χ4v) is 2.64. The normalized spacial score (nSPS) is 24.1. The summed E-state index contributed by atoms with van der Waals surface area (Å²) in [6, 6.07) is 0. The van der Waals surface area contributed by atoms with Gasteiger partial charge < -0.3 is 25.9 Å². The largest absolute Gasteiger partial charge is 0.390 e. The van der Waals surface area contributed by atoms with Gasteiger partial charge in [-0.1, -0.05) is 26.1 Å². The highest BCUT2D eigenvalue weighted by Gasteiger charge is 2.33. The summed E-state index contributed by atoms with van der Waals surface area (Å²) in [6.07, 6.45) is 2.56. The van der Waals surface area contributed by atoms with Crippen molar-refractivity contribution in [2.75, 3.05) is 5.73 Å². The number of nitrogen functional groups attached to an aromatic ring is 1. The van der Waals surface area contributed by atoms with Gasteiger partial charge in [0.15, 0.2) is 0 Å². The molecule has 0 unspecified atom stereocenters. The van der Waals surface area contributed by atoms with E-state index in [4.69, 9.17) is 28.4 Å². The van der Waals surface area contributed by atoms with Gasteiger partial charge in [-0.2, -0.15) is 0 Å². The van der Waals surface area contributed by atoms with Gasteiger partial charge in [-0.05, 0) is 6.92 Å². The molecule has 7 nitrogen and oxygen atoms in total. The summed E-state index contributed by atoms with van der Waals surface area (Å²) in [5, 5.41) is 10.4. The predicted octanol–water partition coefficient (Wildman–Crippen LogP) is 1.34. The molecule has 0 saturated carbocycles. The number of anilines is 1. The first kappa shape index (κ1) is 16.6. The number of fused-ring (bicyclic) bond motifs is 1. The van der Waals surface area contributed by atoms with Crippen LogP contribution < -0.4 is 11.5 Å². The van der Waals surface area contributed by atoms with Crippen molar-refractivity contribution < 1.29 is 9.84 Å². The lowest BCUT2D eigenvalue weighted by molar-refractivity contribution is -0.00609. The maximum absolute atomic E-state index is 9.83. The molecule has 22 heavy (non-hydrogen) atoms. The van der Waals surface area contributed by atoms with Crippen molar-refractivity contribution in [2.45, 2.75) is 45.6 Å². The highest BCUT2D eigenvalue weighted by Crippen LogP contribution is 2.33. The fourth-order valence-electron chi connectivity index (χ4n) is 2.49. The number of nitrogens with two attached hydrogens (primary N) is 2. The number of aliphatic hydroxyl groups excluding tert-OH is 1. The molecule has 1 aliphatic rings. The van der Waals surface area contributed by atoms with E-state index in [0.29, 0.717) is 28.8 Å². The second-order valence-electron chi connectivity index (χ2n) is 4.87. The highest BCUT2D eigenvalue weighted by molar-refractivity contribution is 7.80. The second-order valence-corrected chi connectivity index (χ2v) is 5.31. The zero-order valence-corrected chi connectivity index (χ0v) is 13.7. The number of aromatic nitrogens is 3. The van der Waals surface area contributed by atoms with Crippen LogP contribution in [-0.4, -0.2) is 36.8 Å². The lowest BCUT2D eigenvalue weighted by atomic mass is 10.2. The third kappa shape index (κ3) is 2.77. The molecule has 8 heteroatoms. The number of nitrogens with zero attached hydrogens (tertiary/aromatic N) is 3. The molecule has 0 spiro atoms. The molecule has 0 amide bonds. The zero-order chi connectivity index (χ0) is 16.4. The van der Waals surface area contributed by atoms with Gasteiger partial charge in [-0.15, -0.1) is 0 Å². The van der Waals surface area contributed by atoms with E-state index in [1.54, 1.807) is 10.8 Å². The number of hydrogen-bond acceptors (Lipinski definition) is 6. The molecular formula is C14H21N5O2S. The van der Waals surface area contributed by atoms with Crippen molar-refractivity contribution >= 4 is 34.1 Å². The quantitative estimate of drug-likeness (QED) is 0.715. The molecule has 1 fully saturated rings. The number of thiocarbonyl (C=S) groups is 1. The van der Waals surface area contributed by atoms with Crippen LogP contribution in [0.25, 0.3) is 11.0 Å². The summed E-state index contributed by atoms with van der Waals surface area (Å²) in [4.78, 5) is 8.43. The summed E-state index contributed by atoms with van der Waals surface area (Å²) in [5.41, 5.74) is 12.8. The molecular weight excluding hydrogens is 302 g/mol. The van der Waals surface area contributed by atoms with Crippen LogP contribution in [0.4, 0.5) is 5.82 Å². The number of aliphatic hydroxyl groups is 1. The summed E-state index contributed by atoms with van der Waals surface area (Å²) < 4.78 is 7.53. The minimum atomic E-state index is -0.509. The molecule has 2 aromatic rings. The minimum Gasteiger partial charge on any atom is -0.390 e. The van der Waals surface area contributed by atoms with E-state index >= 15 is 0 Å². The van der Waals surface area contributed by atoms with Gasteiger partial charge in [-0.3, -0.25) is 0 Å². The average molecular weight is 323 g/mol. The van der Waals surface area contributed by atoms with Crippen LogP contribution in [0.15, 0.2) is 12.5 Å². The molecule has 0 radical (unpaired) electrons. The van der Waals surface area contributed by atoms with Crippen LogP contribution in [0.1, 0.15) is 39.0 Å². The van der Waals surface area contributed by atoms with Gasteiger partial charge >= 0.3 is 0 Å². The van der Waals surface area contributed by atoms with Crippen LogP contribution in [-0.2, 0) is 4.74 Å². The smallest absolute Gasteiger partial charge is 0.148 e. The molecule has 3 atom stereocenters. The van der Waals surface area contributed by atoms with Crippen LogP contribution in [0, 0.1) is 0 Å². The Morgan fingerprint density at radius 2 is 2.14 bits per heavy atom. The molecule has 1 aliphatic heterocycles. The lowest BCUT2D eigenvalue weighted by Crippen LogP contribution is -2.15. The van der Waals surface area contributed by atoms with Crippen LogP contribution in [0.5, 0.6) is 0 Å². The topological polar surface area (TPSA) is 112 Å². The van der Waals surface area contributed by atoms with Gasteiger partial charge in [-0.25, -0.2) is 9.97 Å². The molecule has 3 rings (SSSR count). The Hall–Kier alpha value is -1.77. The summed E-state index contributed by atoms with van der Waals surface area (Å²) in [6.45, 7) is 5.83. The van der Waals surface area contributed by atoms with Crippen LogP contribution in [0.3, 0.4) is 0 Å². The average Bonchev–Trinajstić information content (AvgIpc) is 3.03. The maximum atomic E-state index is 9.83. The highest BCUT2D eigenvalue weighted by atomic mass is 32.1. The Labute approximate surface area is 134 Å². The van der Waals surface area contributed by atoms with Crippen molar-refractivity contribution in [1.29, 1.82) is 0 Å². The van der Waals surface area contributed by atoms with Crippen molar-refractivity contribution in [3.8, 4) is 0 Å². The van der Waals surface area contributed by atoms with Gasteiger partial charge in [0.1, 0.15) is 29.0 Å². The van der Waals surface area contributed by atoms with E-state index in [0.717, 1.165) is 0 Å². The number of ether oxygens (including phenoxy) is 1. The lowest BCUT2D eigenvalue weighted by Gasteiger charge is -2.13. The summed E-state index contributed by atoms with van der Waals surface area (Å²) in [5.74, 6) is 0.322. The van der Waals surface area contributed by atoms with Crippen LogP contribution in [0.2, 0.25) is 0 Å². The first-order valence-corrected chi connectivity index (χ1v) is 7.64. The molecule has 0 aliphatic carbocycles. The molecule has 3 heterocycles. The van der Waals surface area contributed by atoms with Gasteiger partial charge in [0.2, 0.25) is 0 Å². The summed E-state index contributed by atoms with van der Waals surface area (Å²) >= 11 is 5.05. The zero-order valence-electron chi connectivity index (χ0n) is 12.9. The predicted molar refractivity (Wildman–Crippen MR) is 89.4 cm³/mol. The van der Waals surface area contributed by atoms with E-state index in [9.17, 15) is 5.11 Å². The van der Waals surface area contributed by atoms with Gasteiger partial charge in [0, 0.05) is 18.2 Å².